The number of nitrogens with zero attached hydrogens (tertiary/aromatic N) is 1. The van der Waals surface area contributed by atoms with Gasteiger partial charge in [-0.05, 0) is 23.6 Å². The van der Waals surface area contributed by atoms with Crippen LogP contribution >= 0.6 is 0 Å². The molecule has 1 aliphatic rings. The number of esters is 1. The highest BCUT2D eigenvalue weighted by Gasteiger charge is 2.64. The van der Waals surface area contributed by atoms with Crippen LogP contribution in [0.25, 0.3) is 0 Å². The predicted octanol–water partition coefficient (Wildman–Crippen LogP) is 4.18. The van der Waals surface area contributed by atoms with Crippen molar-refractivity contribution in [3.8, 4) is 0 Å². The van der Waals surface area contributed by atoms with Gasteiger partial charge >= 0.3 is 12.1 Å². The van der Waals surface area contributed by atoms with Gasteiger partial charge in [0.2, 0.25) is 0 Å². The highest BCUT2D eigenvalue weighted by molar-refractivity contribution is 5.78. The Morgan fingerprint density at radius 2 is 1.85 bits per heavy atom. The number of ether oxygens (including phenoxy) is 2. The number of benzene rings is 1. The summed E-state index contributed by atoms with van der Waals surface area (Å²) in [6.45, 7) is 2.07. The van der Waals surface area contributed by atoms with Crippen LogP contribution in [0, 0.1) is 11.3 Å². The van der Waals surface area contributed by atoms with Gasteiger partial charge in [0.25, 0.3) is 0 Å². The predicted molar refractivity (Wildman–Crippen MR) is 92.8 cm³/mol. The Balaban J connectivity index is 1.49. The lowest BCUT2D eigenvalue weighted by Gasteiger charge is -2.08. The third-order valence-electron chi connectivity index (χ3n) is 4.83. The van der Waals surface area contributed by atoms with E-state index in [2.05, 4.69) is 0 Å². The summed E-state index contributed by atoms with van der Waals surface area (Å²) in [7, 11) is 0. The first-order valence-electron chi connectivity index (χ1n) is 8.70. The number of halogens is 3. The average molecular weight is 381 g/mol. The molecule has 0 radical (unpaired) electrons. The fourth-order valence-corrected chi connectivity index (χ4v) is 3.25. The van der Waals surface area contributed by atoms with Gasteiger partial charge in [-0.25, -0.2) is 0 Å². The standard InChI is InChI=1S/C20H22F3NO3/c1-19(2)16(17(19)26-12-20(21,22)23)18(25)27-13-24-9-8-15(11-24)10-14-6-4-3-5-7-14/h3-9,11,16-17H,10,12-13H2,1-2H3. The van der Waals surface area contributed by atoms with E-state index in [0.29, 0.717) is 0 Å². The molecule has 0 spiro atoms. The average Bonchev–Trinajstić information content (AvgIpc) is 2.90. The van der Waals surface area contributed by atoms with Gasteiger partial charge in [0.15, 0.2) is 6.73 Å². The molecule has 1 heterocycles. The van der Waals surface area contributed by atoms with Crippen LogP contribution in [0.15, 0.2) is 48.8 Å². The Morgan fingerprint density at radius 3 is 2.52 bits per heavy atom. The summed E-state index contributed by atoms with van der Waals surface area (Å²) < 4.78 is 48.8. The van der Waals surface area contributed by atoms with Gasteiger partial charge in [-0.1, -0.05) is 44.2 Å². The Morgan fingerprint density at radius 1 is 1.15 bits per heavy atom. The molecule has 1 aromatic carbocycles. The van der Waals surface area contributed by atoms with Crippen LogP contribution < -0.4 is 0 Å². The lowest BCUT2D eigenvalue weighted by atomic mass is 10.1. The van der Waals surface area contributed by atoms with Crippen LogP contribution in [0.4, 0.5) is 13.2 Å². The summed E-state index contributed by atoms with van der Waals surface area (Å²) in [5.41, 5.74) is 1.60. The molecule has 3 rings (SSSR count). The topological polar surface area (TPSA) is 40.5 Å². The molecule has 1 fully saturated rings. The van der Waals surface area contributed by atoms with E-state index in [1.54, 1.807) is 24.6 Å². The zero-order chi connectivity index (χ0) is 19.7. The minimum atomic E-state index is -4.41. The largest absolute Gasteiger partial charge is 0.444 e. The lowest BCUT2D eigenvalue weighted by Crippen LogP contribution is -2.20. The van der Waals surface area contributed by atoms with E-state index in [0.717, 1.165) is 12.0 Å². The number of hydrogen-bond acceptors (Lipinski definition) is 3. The fourth-order valence-electron chi connectivity index (χ4n) is 3.25. The van der Waals surface area contributed by atoms with Crippen LogP contribution in [-0.2, 0) is 27.4 Å². The molecule has 146 valence electrons. The zero-order valence-corrected chi connectivity index (χ0v) is 15.2. The molecule has 0 saturated heterocycles. The van der Waals surface area contributed by atoms with Gasteiger partial charge in [-0.2, -0.15) is 13.2 Å². The first kappa shape index (κ1) is 19.5. The first-order valence-corrected chi connectivity index (χ1v) is 8.70. The summed E-state index contributed by atoms with van der Waals surface area (Å²) in [6, 6.07) is 11.9. The van der Waals surface area contributed by atoms with E-state index in [1.807, 2.05) is 42.6 Å². The monoisotopic (exact) mass is 381 g/mol. The molecule has 27 heavy (non-hydrogen) atoms. The second kappa shape index (κ2) is 7.38. The van der Waals surface area contributed by atoms with Crippen molar-refractivity contribution in [1.29, 1.82) is 0 Å². The summed E-state index contributed by atoms with van der Waals surface area (Å²) in [6.07, 6.45) is -0.722. The molecule has 0 aliphatic heterocycles. The van der Waals surface area contributed by atoms with Crippen LogP contribution in [0.5, 0.6) is 0 Å². The summed E-state index contributed by atoms with van der Waals surface area (Å²) in [4.78, 5) is 12.2. The molecule has 2 aromatic rings. The van der Waals surface area contributed by atoms with Crippen molar-refractivity contribution in [3.63, 3.8) is 0 Å². The molecule has 1 aromatic heterocycles. The van der Waals surface area contributed by atoms with Crippen molar-refractivity contribution in [2.24, 2.45) is 11.3 Å². The molecular formula is C20H22F3NO3. The summed E-state index contributed by atoms with van der Waals surface area (Å²) in [5.74, 6) is -1.22. The molecule has 1 aliphatic carbocycles. The van der Waals surface area contributed by atoms with Crippen molar-refractivity contribution in [2.75, 3.05) is 6.61 Å². The maximum absolute atomic E-state index is 12.3. The molecule has 2 atom stereocenters. The molecule has 0 bridgehead atoms. The number of carbonyl (C=O) groups excluding carboxylic acids is 1. The van der Waals surface area contributed by atoms with Crippen molar-refractivity contribution < 1.29 is 27.4 Å². The van der Waals surface area contributed by atoms with E-state index in [-0.39, 0.29) is 6.73 Å². The van der Waals surface area contributed by atoms with Crippen molar-refractivity contribution in [3.05, 3.63) is 59.9 Å². The third kappa shape index (κ3) is 4.91. The van der Waals surface area contributed by atoms with Crippen LogP contribution in [0.3, 0.4) is 0 Å². The van der Waals surface area contributed by atoms with Crippen molar-refractivity contribution >= 4 is 5.97 Å². The molecule has 0 N–H and O–H groups in total. The van der Waals surface area contributed by atoms with Gasteiger partial charge in [0, 0.05) is 17.8 Å². The molecular weight excluding hydrogens is 359 g/mol. The Hall–Kier alpha value is -2.28. The van der Waals surface area contributed by atoms with Gasteiger partial charge < -0.3 is 14.0 Å². The number of rotatable bonds is 7. The van der Waals surface area contributed by atoms with E-state index < -0.39 is 36.2 Å². The summed E-state index contributed by atoms with van der Waals surface area (Å²) >= 11 is 0. The van der Waals surface area contributed by atoms with Crippen molar-refractivity contribution in [2.45, 2.75) is 39.3 Å². The minimum absolute atomic E-state index is 0.0200. The van der Waals surface area contributed by atoms with E-state index in [9.17, 15) is 18.0 Å². The molecule has 0 amide bonds. The fraction of sp³-hybridized carbons (Fsp3) is 0.450. The van der Waals surface area contributed by atoms with Crippen molar-refractivity contribution in [1.82, 2.24) is 4.57 Å². The van der Waals surface area contributed by atoms with Gasteiger partial charge in [-0.3, -0.25) is 4.79 Å². The number of alkyl halides is 3. The first-order chi connectivity index (χ1) is 12.7. The maximum atomic E-state index is 12.3. The highest BCUT2D eigenvalue weighted by Crippen LogP contribution is 2.55. The Bertz CT molecular complexity index is 783. The third-order valence-corrected chi connectivity index (χ3v) is 4.83. The van der Waals surface area contributed by atoms with Crippen LogP contribution in [0.2, 0.25) is 0 Å². The minimum Gasteiger partial charge on any atom is -0.444 e. The molecule has 1 saturated carbocycles. The van der Waals surface area contributed by atoms with E-state index in [4.69, 9.17) is 9.47 Å². The smallest absolute Gasteiger partial charge is 0.411 e. The second-order valence-electron chi connectivity index (χ2n) is 7.43. The van der Waals surface area contributed by atoms with Gasteiger partial charge in [0.05, 0.1) is 12.0 Å². The SMILES string of the molecule is CC1(C)C(OCC(F)(F)F)C1C(=O)OCn1ccc(Cc2ccccc2)c1. The second-order valence-corrected chi connectivity index (χ2v) is 7.43. The maximum Gasteiger partial charge on any atom is 0.411 e. The number of hydrogen-bond donors (Lipinski definition) is 0. The zero-order valence-electron chi connectivity index (χ0n) is 15.2. The lowest BCUT2D eigenvalue weighted by molar-refractivity contribution is -0.181. The molecule has 2 unspecified atom stereocenters. The quantitative estimate of drug-likeness (QED) is 0.676. The Kier molecular flexibility index (Phi) is 5.33. The van der Waals surface area contributed by atoms with Gasteiger partial charge in [0.1, 0.15) is 6.61 Å². The van der Waals surface area contributed by atoms with Gasteiger partial charge in [-0.15, -0.1) is 0 Å². The van der Waals surface area contributed by atoms with Crippen LogP contribution in [-0.4, -0.2) is 29.4 Å². The van der Waals surface area contributed by atoms with E-state index in [1.165, 1.54) is 5.56 Å². The Labute approximate surface area is 155 Å². The normalized spacial score (nSPS) is 21.1. The molecule has 4 nitrogen and oxygen atoms in total. The highest BCUT2D eigenvalue weighted by atomic mass is 19.4. The molecule has 7 heteroatoms. The number of carbonyl (C=O) groups is 1. The van der Waals surface area contributed by atoms with Crippen LogP contribution in [0.1, 0.15) is 25.0 Å². The number of aromatic nitrogens is 1. The summed E-state index contributed by atoms with van der Waals surface area (Å²) in [5, 5.41) is 0. The van der Waals surface area contributed by atoms with E-state index >= 15 is 0 Å².